The lowest BCUT2D eigenvalue weighted by Gasteiger charge is -2.21. The highest BCUT2D eigenvalue weighted by Crippen LogP contribution is 2.38. The summed E-state index contributed by atoms with van der Waals surface area (Å²) in [4.78, 5) is 25.7. The zero-order valence-corrected chi connectivity index (χ0v) is 16.5. The van der Waals surface area contributed by atoms with Gasteiger partial charge < -0.3 is 19.5 Å². The summed E-state index contributed by atoms with van der Waals surface area (Å²) in [5.74, 6) is 0.815. The van der Waals surface area contributed by atoms with Gasteiger partial charge in [-0.3, -0.25) is 9.59 Å². The molecule has 0 saturated heterocycles. The van der Waals surface area contributed by atoms with Gasteiger partial charge in [-0.2, -0.15) is 0 Å². The predicted molar refractivity (Wildman–Crippen MR) is 104 cm³/mol. The van der Waals surface area contributed by atoms with E-state index in [0.29, 0.717) is 22.7 Å². The van der Waals surface area contributed by atoms with Crippen LogP contribution < -0.4 is 19.5 Å². The summed E-state index contributed by atoms with van der Waals surface area (Å²) in [6, 6.07) is 10.0. The number of rotatable bonds is 6. The van der Waals surface area contributed by atoms with Crippen molar-refractivity contribution in [2.45, 2.75) is 20.8 Å². The Morgan fingerprint density at radius 1 is 0.852 bits per heavy atom. The van der Waals surface area contributed by atoms with Crippen LogP contribution in [0.2, 0.25) is 0 Å². The van der Waals surface area contributed by atoms with Gasteiger partial charge in [-0.1, -0.05) is 20.8 Å². The van der Waals surface area contributed by atoms with E-state index in [1.165, 1.54) is 14.2 Å². The largest absolute Gasteiger partial charge is 0.497 e. The molecule has 0 aromatic heterocycles. The number of anilines is 1. The molecule has 144 valence electrons. The van der Waals surface area contributed by atoms with Crippen LogP contribution in [0.5, 0.6) is 17.2 Å². The minimum atomic E-state index is -0.617. The number of ether oxygens (including phenoxy) is 3. The Morgan fingerprint density at radius 2 is 1.48 bits per heavy atom. The summed E-state index contributed by atoms with van der Waals surface area (Å²) in [5, 5.41) is 2.83. The molecule has 0 bridgehead atoms. The summed E-state index contributed by atoms with van der Waals surface area (Å²) >= 11 is 0. The van der Waals surface area contributed by atoms with Crippen molar-refractivity contribution in [1.29, 1.82) is 0 Å². The van der Waals surface area contributed by atoms with E-state index >= 15 is 0 Å². The third-order valence-corrected chi connectivity index (χ3v) is 4.05. The monoisotopic (exact) mass is 371 g/mol. The Balaban J connectivity index is 2.58. The van der Waals surface area contributed by atoms with Crippen molar-refractivity contribution in [2.75, 3.05) is 26.6 Å². The topological polar surface area (TPSA) is 73.9 Å². The third-order valence-electron chi connectivity index (χ3n) is 4.05. The lowest BCUT2D eigenvalue weighted by Crippen LogP contribution is -2.28. The Hall–Kier alpha value is -3.02. The van der Waals surface area contributed by atoms with Crippen molar-refractivity contribution in [1.82, 2.24) is 0 Å². The summed E-state index contributed by atoms with van der Waals surface area (Å²) in [6.45, 7) is 5.40. The van der Waals surface area contributed by atoms with E-state index < -0.39 is 5.41 Å². The second-order valence-corrected chi connectivity index (χ2v) is 6.99. The second kappa shape index (κ2) is 8.12. The predicted octanol–water partition coefficient (Wildman–Crippen LogP) is 3.93. The molecule has 0 fully saturated rings. The molecule has 0 radical (unpaired) electrons. The maximum Gasteiger partial charge on any atom is 0.229 e. The number of hydrogen-bond acceptors (Lipinski definition) is 5. The fourth-order valence-corrected chi connectivity index (χ4v) is 2.45. The molecule has 0 aliphatic rings. The van der Waals surface area contributed by atoms with Gasteiger partial charge >= 0.3 is 0 Å². The number of carbonyl (C=O) groups excluding carboxylic acids is 2. The molecule has 27 heavy (non-hydrogen) atoms. The van der Waals surface area contributed by atoms with Crippen LogP contribution in [0.1, 0.15) is 36.7 Å². The fraction of sp³-hybridized carbons (Fsp3) is 0.333. The van der Waals surface area contributed by atoms with Gasteiger partial charge in [-0.05, 0) is 36.4 Å². The maximum atomic E-state index is 13.2. The molecule has 0 heterocycles. The molecule has 2 aromatic carbocycles. The molecule has 0 unspecified atom stereocenters. The fourth-order valence-electron chi connectivity index (χ4n) is 2.45. The Bertz CT molecular complexity index is 835. The first kappa shape index (κ1) is 20.3. The molecular weight excluding hydrogens is 346 g/mol. The number of nitrogens with one attached hydrogen (secondary N) is 1. The first-order chi connectivity index (χ1) is 12.7. The molecule has 6 heteroatoms. The maximum absolute atomic E-state index is 13.2. The van der Waals surface area contributed by atoms with Crippen molar-refractivity contribution in [3.63, 3.8) is 0 Å². The third kappa shape index (κ3) is 4.39. The van der Waals surface area contributed by atoms with E-state index in [2.05, 4.69) is 5.32 Å². The minimum absolute atomic E-state index is 0.210. The molecule has 0 aliphatic heterocycles. The molecule has 6 nitrogen and oxygen atoms in total. The zero-order valence-electron chi connectivity index (χ0n) is 16.5. The van der Waals surface area contributed by atoms with Crippen molar-refractivity contribution in [2.24, 2.45) is 5.41 Å². The number of amides is 1. The minimum Gasteiger partial charge on any atom is -0.497 e. The van der Waals surface area contributed by atoms with Gasteiger partial charge in [0.2, 0.25) is 5.91 Å². The zero-order chi connectivity index (χ0) is 20.2. The molecule has 0 aliphatic carbocycles. The second-order valence-electron chi connectivity index (χ2n) is 6.99. The quantitative estimate of drug-likeness (QED) is 0.779. The average molecular weight is 371 g/mol. The molecule has 1 N–H and O–H groups in total. The lowest BCUT2D eigenvalue weighted by atomic mass is 9.94. The lowest BCUT2D eigenvalue weighted by molar-refractivity contribution is -0.123. The van der Waals surface area contributed by atoms with Gasteiger partial charge in [-0.25, -0.2) is 0 Å². The number of methoxy groups -OCH3 is 3. The molecule has 2 rings (SSSR count). The van der Waals surface area contributed by atoms with E-state index in [1.807, 2.05) is 0 Å². The highest BCUT2D eigenvalue weighted by Gasteiger charge is 2.27. The number of ketones is 1. The van der Waals surface area contributed by atoms with Crippen LogP contribution in [-0.2, 0) is 4.79 Å². The summed E-state index contributed by atoms with van der Waals surface area (Å²) in [7, 11) is 4.51. The molecule has 2 aromatic rings. The molecule has 0 saturated carbocycles. The van der Waals surface area contributed by atoms with Crippen molar-refractivity contribution < 1.29 is 23.8 Å². The van der Waals surface area contributed by atoms with E-state index in [1.54, 1.807) is 64.3 Å². The van der Waals surface area contributed by atoms with Crippen molar-refractivity contribution in [3.8, 4) is 17.2 Å². The molecular formula is C21H25NO5. The van der Waals surface area contributed by atoms with Gasteiger partial charge in [0, 0.05) is 11.0 Å². The van der Waals surface area contributed by atoms with E-state index in [-0.39, 0.29) is 23.0 Å². The van der Waals surface area contributed by atoms with Crippen molar-refractivity contribution >= 4 is 17.4 Å². The van der Waals surface area contributed by atoms with Gasteiger partial charge in [0.25, 0.3) is 0 Å². The molecule has 0 atom stereocenters. The van der Waals surface area contributed by atoms with E-state index in [4.69, 9.17) is 14.2 Å². The number of carbonyl (C=O) groups is 2. The van der Waals surface area contributed by atoms with Gasteiger partial charge in [0.15, 0.2) is 17.3 Å². The molecule has 0 spiro atoms. The number of hydrogen-bond donors (Lipinski definition) is 1. The normalized spacial score (nSPS) is 10.9. The number of benzene rings is 2. The first-order valence-electron chi connectivity index (χ1n) is 8.48. The van der Waals surface area contributed by atoms with E-state index in [0.717, 1.165) is 0 Å². The van der Waals surface area contributed by atoms with Crippen LogP contribution in [0, 0.1) is 5.41 Å². The van der Waals surface area contributed by atoms with Crippen molar-refractivity contribution in [3.05, 3.63) is 47.5 Å². The SMILES string of the molecule is COc1ccc(C(=O)c2c(NC(=O)C(C)(C)C)ccc(OC)c2OC)cc1. The van der Waals surface area contributed by atoms with Crippen LogP contribution in [0.25, 0.3) is 0 Å². The summed E-state index contributed by atoms with van der Waals surface area (Å²) in [6.07, 6.45) is 0. The summed E-state index contributed by atoms with van der Waals surface area (Å²) in [5.41, 5.74) is 0.426. The highest BCUT2D eigenvalue weighted by atomic mass is 16.5. The van der Waals surface area contributed by atoms with Gasteiger partial charge in [-0.15, -0.1) is 0 Å². The van der Waals surface area contributed by atoms with Crippen LogP contribution in [0.15, 0.2) is 36.4 Å². The summed E-state index contributed by atoms with van der Waals surface area (Å²) < 4.78 is 15.9. The molecule has 1 amide bonds. The standard InChI is InChI=1S/C21H25NO5/c1-21(2,3)20(24)22-15-11-12-16(26-5)19(27-6)17(15)18(23)13-7-9-14(25-4)10-8-13/h7-12H,1-6H3,(H,22,24). The van der Waals surface area contributed by atoms with Gasteiger partial charge in [0.05, 0.1) is 32.6 Å². The van der Waals surface area contributed by atoms with Crippen LogP contribution in [0.3, 0.4) is 0 Å². The first-order valence-corrected chi connectivity index (χ1v) is 8.48. The van der Waals surface area contributed by atoms with Crippen LogP contribution >= 0.6 is 0 Å². The Labute approximate surface area is 159 Å². The average Bonchev–Trinajstić information content (AvgIpc) is 2.66. The van der Waals surface area contributed by atoms with Crippen LogP contribution in [-0.4, -0.2) is 33.0 Å². The van der Waals surface area contributed by atoms with Gasteiger partial charge in [0.1, 0.15) is 5.75 Å². The van der Waals surface area contributed by atoms with E-state index in [9.17, 15) is 9.59 Å². The van der Waals surface area contributed by atoms with Crippen LogP contribution in [0.4, 0.5) is 5.69 Å². The highest BCUT2D eigenvalue weighted by molar-refractivity contribution is 6.16. The Morgan fingerprint density at radius 3 is 1.96 bits per heavy atom. The smallest absolute Gasteiger partial charge is 0.229 e. The Kier molecular flexibility index (Phi) is 6.10.